The van der Waals surface area contributed by atoms with E-state index < -0.39 is 18.3 Å². The number of aromatic nitrogens is 1. The highest BCUT2D eigenvalue weighted by atomic mass is 35.5. The van der Waals surface area contributed by atoms with Crippen LogP contribution in [0, 0.1) is 0 Å². The van der Waals surface area contributed by atoms with Gasteiger partial charge in [-0.25, -0.2) is 9.78 Å². The second kappa shape index (κ2) is 8.83. The van der Waals surface area contributed by atoms with Gasteiger partial charge < -0.3 is 20.3 Å². The van der Waals surface area contributed by atoms with E-state index in [1.165, 1.54) is 12.3 Å². The van der Waals surface area contributed by atoms with Crippen LogP contribution < -0.4 is 5.32 Å². The normalized spacial score (nSPS) is 14.5. The lowest BCUT2D eigenvalue weighted by Gasteiger charge is -2.19. The Morgan fingerprint density at radius 3 is 2.27 bits per heavy atom. The van der Waals surface area contributed by atoms with Gasteiger partial charge in [0.25, 0.3) is 0 Å². The Morgan fingerprint density at radius 2 is 1.67 bits per heavy atom. The minimum Gasteiger partial charge on any atom is -0.449 e. The van der Waals surface area contributed by atoms with Crippen LogP contribution in [0.3, 0.4) is 0 Å². The van der Waals surface area contributed by atoms with Gasteiger partial charge in [-0.1, -0.05) is 66.2 Å². The number of fused-ring (bicyclic) bond motifs is 3. The van der Waals surface area contributed by atoms with E-state index in [1.54, 1.807) is 6.07 Å². The molecule has 30 heavy (non-hydrogen) atoms. The summed E-state index contributed by atoms with van der Waals surface area (Å²) >= 11 is 5.72. The minimum absolute atomic E-state index is 0.0428. The predicted octanol–water partition coefficient (Wildman–Crippen LogP) is 3.67. The predicted molar refractivity (Wildman–Crippen MR) is 113 cm³/mol. The second-order valence-corrected chi connectivity index (χ2v) is 7.52. The Labute approximate surface area is 179 Å². The molecular formula is C23H21ClN2O4. The maximum atomic E-state index is 12.2. The molecule has 7 heteroatoms. The molecule has 4 rings (SSSR count). The first-order valence-electron chi connectivity index (χ1n) is 9.61. The molecule has 1 heterocycles. The molecule has 0 aliphatic heterocycles. The Hall–Kier alpha value is -2.93. The summed E-state index contributed by atoms with van der Waals surface area (Å²) < 4.78 is 5.42. The van der Waals surface area contributed by atoms with Gasteiger partial charge in [0.1, 0.15) is 24.0 Å². The minimum atomic E-state index is -1.21. The third-order valence-corrected chi connectivity index (χ3v) is 5.48. The summed E-state index contributed by atoms with van der Waals surface area (Å²) in [5, 5.41) is 23.1. The number of hydrogen-bond donors (Lipinski definition) is 3. The fourth-order valence-corrected chi connectivity index (χ4v) is 3.85. The van der Waals surface area contributed by atoms with Gasteiger partial charge in [-0.05, 0) is 28.3 Å². The second-order valence-electron chi connectivity index (χ2n) is 7.13. The van der Waals surface area contributed by atoms with Crippen LogP contribution in [0.15, 0.2) is 66.9 Å². The third kappa shape index (κ3) is 4.16. The number of nitrogens with one attached hydrogen (secondary N) is 1. The molecule has 0 spiro atoms. The number of carbonyl (C=O) groups excluding carboxylic acids is 1. The van der Waals surface area contributed by atoms with E-state index >= 15 is 0 Å². The number of benzene rings is 2. The van der Waals surface area contributed by atoms with E-state index in [4.69, 9.17) is 16.3 Å². The number of halogens is 1. The molecule has 154 valence electrons. The number of aliphatic hydroxyl groups is 2. The smallest absolute Gasteiger partial charge is 0.407 e. The van der Waals surface area contributed by atoms with E-state index in [-0.39, 0.29) is 24.2 Å². The van der Waals surface area contributed by atoms with Gasteiger partial charge in [-0.15, -0.1) is 0 Å². The molecule has 0 bridgehead atoms. The van der Waals surface area contributed by atoms with Crippen molar-refractivity contribution in [1.29, 1.82) is 0 Å². The van der Waals surface area contributed by atoms with Crippen molar-refractivity contribution in [2.24, 2.45) is 0 Å². The summed E-state index contributed by atoms with van der Waals surface area (Å²) in [5.41, 5.74) is 4.95. The number of aliphatic hydroxyl groups excluding tert-OH is 2. The van der Waals surface area contributed by atoms with E-state index in [1.807, 2.05) is 36.4 Å². The zero-order chi connectivity index (χ0) is 21.1. The van der Waals surface area contributed by atoms with Gasteiger partial charge in [0.05, 0.1) is 0 Å². The number of nitrogens with zero attached hydrogens (tertiary/aromatic N) is 1. The van der Waals surface area contributed by atoms with E-state index in [0.29, 0.717) is 5.56 Å². The summed E-state index contributed by atoms with van der Waals surface area (Å²) in [6.45, 7) is 0.0140. The number of alkyl carbamates (subject to hydrolysis) is 1. The maximum absolute atomic E-state index is 12.2. The molecule has 1 amide bonds. The van der Waals surface area contributed by atoms with Gasteiger partial charge in [-0.2, -0.15) is 0 Å². The van der Waals surface area contributed by atoms with Crippen molar-refractivity contribution in [2.45, 2.75) is 18.1 Å². The van der Waals surface area contributed by atoms with E-state index in [2.05, 4.69) is 22.4 Å². The lowest BCUT2D eigenvalue weighted by atomic mass is 9.98. The molecule has 0 radical (unpaired) electrons. The van der Waals surface area contributed by atoms with Crippen LogP contribution >= 0.6 is 11.6 Å². The molecular weight excluding hydrogens is 404 g/mol. The van der Waals surface area contributed by atoms with Gasteiger partial charge in [0, 0.05) is 24.2 Å². The highest BCUT2D eigenvalue weighted by Crippen LogP contribution is 2.44. The number of hydrogen-bond acceptors (Lipinski definition) is 5. The first-order valence-corrected chi connectivity index (χ1v) is 9.99. The molecule has 0 saturated heterocycles. The first-order chi connectivity index (χ1) is 14.5. The summed E-state index contributed by atoms with van der Waals surface area (Å²) in [6.07, 6.45) is -1.70. The van der Waals surface area contributed by atoms with Crippen molar-refractivity contribution in [3.05, 3.63) is 88.7 Å². The average Bonchev–Trinajstić information content (AvgIpc) is 3.10. The van der Waals surface area contributed by atoms with Crippen molar-refractivity contribution in [3.63, 3.8) is 0 Å². The maximum Gasteiger partial charge on any atom is 0.407 e. The summed E-state index contributed by atoms with van der Waals surface area (Å²) in [6, 6.07) is 19.2. The highest BCUT2D eigenvalue weighted by Gasteiger charge is 2.29. The first kappa shape index (κ1) is 20.3. The molecule has 0 saturated carbocycles. The Morgan fingerprint density at radius 1 is 1.03 bits per heavy atom. The molecule has 3 N–H and O–H groups in total. The molecule has 3 aromatic rings. The van der Waals surface area contributed by atoms with Crippen LogP contribution in [0.25, 0.3) is 11.1 Å². The van der Waals surface area contributed by atoms with E-state index in [9.17, 15) is 15.0 Å². The van der Waals surface area contributed by atoms with Crippen molar-refractivity contribution in [3.8, 4) is 11.1 Å². The van der Waals surface area contributed by atoms with Crippen LogP contribution in [0.4, 0.5) is 4.79 Å². The average molecular weight is 425 g/mol. The lowest BCUT2D eigenvalue weighted by molar-refractivity contribution is 0.0183. The standard InChI is InChI=1S/C23H21ClN2O4/c24-21-10-9-14(11-25-21)22(28)20(27)12-26-23(29)30-13-19-17-7-3-1-5-15(17)16-6-2-4-8-18(16)19/h1-11,19-20,22,27-28H,12-13H2,(H,26,29). The molecule has 6 nitrogen and oxygen atoms in total. The number of pyridine rings is 1. The van der Waals surface area contributed by atoms with Crippen molar-refractivity contribution < 1.29 is 19.7 Å². The Balaban J connectivity index is 1.33. The molecule has 2 aromatic carbocycles. The summed E-state index contributed by atoms with van der Waals surface area (Å²) in [4.78, 5) is 16.0. The van der Waals surface area contributed by atoms with Crippen LogP contribution in [-0.2, 0) is 4.74 Å². The van der Waals surface area contributed by atoms with E-state index in [0.717, 1.165) is 22.3 Å². The number of carbonyl (C=O) groups is 1. The van der Waals surface area contributed by atoms with Gasteiger partial charge >= 0.3 is 6.09 Å². The fraction of sp³-hybridized carbons (Fsp3) is 0.217. The quantitative estimate of drug-likeness (QED) is 0.525. The summed E-state index contributed by atoms with van der Waals surface area (Å²) in [7, 11) is 0. The van der Waals surface area contributed by atoms with Gasteiger partial charge in [0.2, 0.25) is 0 Å². The zero-order valence-corrected chi connectivity index (χ0v) is 16.8. The zero-order valence-electron chi connectivity index (χ0n) is 16.0. The van der Waals surface area contributed by atoms with Crippen LogP contribution in [0.2, 0.25) is 5.15 Å². The SMILES string of the molecule is O=C(NCC(O)C(O)c1ccc(Cl)nc1)OCC1c2ccccc2-c2ccccc21. The van der Waals surface area contributed by atoms with Crippen molar-refractivity contribution in [1.82, 2.24) is 10.3 Å². The number of rotatable bonds is 6. The molecule has 1 aliphatic carbocycles. The van der Waals surface area contributed by atoms with Gasteiger partial charge in [0.15, 0.2) is 0 Å². The molecule has 2 unspecified atom stereocenters. The van der Waals surface area contributed by atoms with Crippen LogP contribution in [-0.4, -0.2) is 40.5 Å². The van der Waals surface area contributed by atoms with Crippen LogP contribution in [0.1, 0.15) is 28.7 Å². The monoisotopic (exact) mass is 424 g/mol. The number of ether oxygens (including phenoxy) is 1. The van der Waals surface area contributed by atoms with Crippen molar-refractivity contribution >= 4 is 17.7 Å². The Bertz CT molecular complexity index is 996. The molecule has 1 aromatic heterocycles. The van der Waals surface area contributed by atoms with Gasteiger partial charge in [-0.3, -0.25) is 0 Å². The lowest BCUT2D eigenvalue weighted by Crippen LogP contribution is -2.36. The Kier molecular flexibility index (Phi) is 5.99. The fourth-order valence-electron chi connectivity index (χ4n) is 3.73. The highest BCUT2D eigenvalue weighted by molar-refractivity contribution is 6.29. The van der Waals surface area contributed by atoms with Crippen LogP contribution in [0.5, 0.6) is 0 Å². The molecule has 1 aliphatic rings. The summed E-state index contributed by atoms with van der Waals surface area (Å²) in [5.74, 6) is -0.0428. The topological polar surface area (TPSA) is 91.7 Å². The third-order valence-electron chi connectivity index (χ3n) is 5.26. The number of amides is 1. The molecule has 0 fully saturated rings. The van der Waals surface area contributed by atoms with Crippen molar-refractivity contribution in [2.75, 3.05) is 13.2 Å². The molecule has 2 atom stereocenters. The largest absolute Gasteiger partial charge is 0.449 e.